The van der Waals surface area contributed by atoms with Crippen molar-refractivity contribution in [1.82, 2.24) is 14.1 Å². The lowest BCUT2D eigenvalue weighted by molar-refractivity contribution is -0.136. The molecular weight excluding hydrogens is 398 g/mol. The standard InChI is InChI=1S/C23H25N3O3S/c1-14-11-18(16(3)26(14)23-24-9-10-30-23)5-8-22(28)29-13-21(27)20-12-15(2)25(17(20)4)19-6-7-19/h5,8-12,19H,6-7,13H2,1-4H3/b8-5+. The van der Waals surface area contributed by atoms with Crippen LogP contribution in [0.5, 0.6) is 0 Å². The van der Waals surface area contributed by atoms with E-state index in [1.54, 1.807) is 23.6 Å². The number of carbonyl (C=O) groups excluding carboxylic acids is 2. The van der Waals surface area contributed by atoms with Gasteiger partial charge >= 0.3 is 5.97 Å². The molecule has 0 amide bonds. The molecule has 0 radical (unpaired) electrons. The Morgan fingerprint density at radius 3 is 2.60 bits per heavy atom. The molecule has 0 aromatic carbocycles. The maximum Gasteiger partial charge on any atom is 0.331 e. The summed E-state index contributed by atoms with van der Waals surface area (Å²) in [4.78, 5) is 29.1. The highest BCUT2D eigenvalue weighted by Crippen LogP contribution is 2.38. The molecule has 0 atom stereocenters. The number of ether oxygens (including phenoxy) is 1. The third-order valence-electron chi connectivity index (χ3n) is 5.52. The Hall–Kier alpha value is -2.93. The van der Waals surface area contributed by atoms with Crippen molar-refractivity contribution in [3.05, 3.63) is 63.7 Å². The maximum atomic E-state index is 12.6. The van der Waals surface area contributed by atoms with Gasteiger partial charge in [-0.2, -0.15) is 0 Å². The molecule has 1 fully saturated rings. The van der Waals surface area contributed by atoms with Gasteiger partial charge in [0, 0.05) is 52.0 Å². The Balaban J connectivity index is 1.40. The number of Topliss-reactive ketones (excluding diaryl/α,β-unsaturated/α-hetero) is 1. The van der Waals surface area contributed by atoms with E-state index in [0.717, 1.165) is 46.3 Å². The monoisotopic (exact) mass is 423 g/mol. The summed E-state index contributed by atoms with van der Waals surface area (Å²) in [7, 11) is 0. The minimum atomic E-state index is -0.529. The fraction of sp³-hybridized carbons (Fsp3) is 0.348. The second-order valence-electron chi connectivity index (χ2n) is 7.73. The van der Waals surface area contributed by atoms with Crippen LogP contribution in [0, 0.1) is 27.7 Å². The van der Waals surface area contributed by atoms with Crippen LogP contribution in [-0.4, -0.2) is 32.5 Å². The molecule has 3 heterocycles. The van der Waals surface area contributed by atoms with Gasteiger partial charge in [-0.25, -0.2) is 9.78 Å². The van der Waals surface area contributed by atoms with E-state index in [0.29, 0.717) is 11.6 Å². The number of rotatable bonds is 7. The SMILES string of the molecule is Cc1cc(/C=C/C(=O)OCC(=O)c2cc(C)n(C3CC3)c2C)c(C)n1-c1nccs1. The van der Waals surface area contributed by atoms with E-state index in [4.69, 9.17) is 4.74 Å². The summed E-state index contributed by atoms with van der Waals surface area (Å²) in [5.74, 6) is -0.697. The number of hydrogen-bond acceptors (Lipinski definition) is 5. The number of aromatic nitrogens is 3. The highest BCUT2D eigenvalue weighted by molar-refractivity contribution is 7.12. The zero-order valence-corrected chi connectivity index (χ0v) is 18.5. The summed E-state index contributed by atoms with van der Waals surface area (Å²) in [6.45, 7) is 7.70. The number of carbonyl (C=O) groups is 2. The van der Waals surface area contributed by atoms with Crippen LogP contribution in [0.3, 0.4) is 0 Å². The lowest BCUT2D eigenvalue weighted by Gasteiger charge is -2.07. The number of ketones is 1. The van der Waals surface area contributed by atoms with Crippen molar-refractivity contribution in [2.45, 2.75) is 46.6 Å². The van der Waals surface area contributed by atoms with Crippen molar-refractivity contribution in [2.75, 3.05) is 6.61 Å². The van der Waals surface area contributed by atoms with E-state index >= 15 is 0 Å². The smallest absolute Gasteiger partial charge is 0.331 e. The summed E-state index contributed by atoms with van der Waals surface area (Å²) in [6.07, 6.45) is 7.18. The maximum absolute atomic E-state index is 12.6. The van der Waals surface area contributed by atoms with Crippen molar-refractivity contribution in [1.29, 1.82) is 0 Å². The summed E-state index contributed by atoms with van der Waals surface area (Å²) < 4.78 is 9.47. The van der Waals surface area contributed by atoms with Crippen LogP contribution in [0.4, 0.5) is 0 Å². The van der Waals surface area contributed by atoms with Gasteiger partial charge in [0.1, 0.15) is 0 Å². The molecule has 4 rings (SSSR count). The molecule has 3 aromatic rings. The van der Waals surface area contributed by atoms with Crippen LogP contribution in [0.25, 0.3) is 11.2 Å². The normalized spacial score (nSPS) is 13.9. The Morgan fingerprint density at radius 1 is 1.17 bits per heavy atom. The van der Waals surface area contributed by atoms with Gasteiger partial charge in [0.05, 0.1) is 0 Å². The van der Waals surface area contributed by atoms with Crippen LogP contribution in [0.2, 0.25) is 0 Å². The minimum absolute atomic E-state index is 0.168. The van der Waals surface area contributed by atoms with Gasteiger partial charge < -0.3 is 9.30 Å². The second kappa shape index (κ2) is 8.07. The van der Waals surface area contributed by atoms with Crippen LogP contribution < -0.4 is 0 Å². The molecular formula is C23H25N3O3S. The zero-order chi connectivity index (χ0) is 21.4. The Bertz CT molecular complexity index is 1130. The number of nitrogens with zero attached hydrogens (tertiary/aromatic N) is 3. The van der Waals surface area contributed by atoms with E-state index in [1.165, 1.54) is 6.08 Å². The molecule has 0 aliphatic heterocycles. The molecule has 3 aromatic heterocycles. The van der Waals surface area contributed by atoms with E-state index in [-0.39, 0.29) is 12.4 Å². The first-order valence-corrected chi connectivity index (χ1v) is 10.9. The molecule has 1 saturated carbocycles. The molecule has 0 N–H and O–H groups in total. The van der Waals surface area contributed by atoms with E-state index < -0.39 is 5.97 Å². The second-order valence-corrected chi connectivity index (χ2v) is 8.60. The quantitative estimate of drug-likeness (QED) is 0.313. The summed E-state index contributed by atoms with van der Waals surface area (Å²) in [5, 5.41) is 2.82. The van der Waals surface area contributed by atoms with Gasteiger partial charge in [-0.1, -0.05) is 0 Å². The van der Waals surface area contributed by atoms with Crippen molar-refractivity contribution in [3.63, 3.8) is 0 Å². The third kappa shape index (κ3) is 3.89. The predicted octanol–water partition coefficient (Wildman–Crippen LogP) is 4.74. The van der Waals surface area contributed by atoms with Gasteiger partial charge in [0.2, 0.25) is 5.78 Å². The number of hydrogen-bond donors (Lipinski definition) is 0. The summed E-state index contributed by atoms with van der Waals surface area (Å²) in [6, 6.07) is 4.41. The van der Waals surface area contributed by atoms with E-state index in [9.17, 15) is 9.59 Å². The Kier molecular flexibility index (Phi) is 5.47. The first-order chi connectivity index (χ1) is 14.4. The van der Waals surface area contributed by atoms with Crippen LogP contribution in [0.1, 0.15) is 57.6 Å². The van der Waals surface area contributed by atoms with Crippen LogP contribution >= 0.6 is 11.3 Å². The lowest BCUT2D eigenvalue weighted by Crippen LogP contribution is -2.13. The average Bonchev–Trinajstić information content (AvgIpc) is 3.18. The van der Waals surface area contributed by atoms with Crippen LogP contribution in [0.15, 0.2) is 29.8 Å². The number of esters is 1. The molecule has 0 saturated heterocycles. The van der Waals surface area contributed by atoms with E-state index in [2.05, 4.69) is 14.1 Å². The summed E-state index contributed by atoms with van der Waals surface area (Å²) in [5.41, 5.74) is 5.63. The minimum Gasteiger partial charge on any atom is -0.454 e. The van der Waals surface area contributed by atoms with Gasteiger partial charge in [-0.15, -0.1) is 11.3 Å². The van der Waals surface area contributed by atoms with Crippen molar-refractivity contribution < 1.29 is 14.3 Å². The Morgan fingerprint density at radius 2 is 1.93 bits per heavy atom. The molecule has 0 bridgehead atoms. The highest BCUT2D eigenvalue weighted by atomic mass is 32.1. The summed E-state index contributed by atoms with van der Waals surface area (Å²) >= 11 is 1.56. The number of aryl methyl sites for hydroxylation is 2. The van der Waals surface area contributed by atoms with Gasteiger partial charge in [-0.05, 0) is 64.3 Å². The zero-order valence-electron chi connectivity index (χ0n) is 17.6. The van der Waals surface area contributed by atoms with Gasteiger partial charge in [-0.3, -0.25) is 9.36 Å². The topological polar surface area (TPSA) is 66.1 Å². The van der Waals surface area contributed by atoms with Crippen LogP contribution in [-0.2, 0) is 9.53 Å². The molecule has 7 heteroatoms. The third-order valence-corrected chi connectivity index (χ3v) is 6.28. The van der Waals surface area contributed by atoms with Crippen molar-refractivity contribution >= 4 is 29.2 Å². The van der Waals surface area contributed by atoms with Crippen molar-refractivity contribution in [3.8, 4) is 5.13 Å². The van der Waals surface area contributed by atoms with Gasteiger partial charge in [0.25, 0.3) is 0 Å². The molecule has 30 heavy (non-hydrogen) atoms. The fourth-order valence-corrected chi connectivity index (χ4v) is 4.70. The average molecular weight is 424 g/mol. The van der Waals surface area contributed by atoms with Crippen molar-refractivity contribution in [2.24, 2.45) is 0 Å². The largest absolute Gasteiger partial charge is 0.454 e. The first-order valence-electron chi connectivity index (χ1n) is 10.0. The molecule has 1 aliphatic rings. The van der Waals surface area contributed by atoms with Gasteiger partial charge in [0.15, 0.2) is 11.7 Å². The number of thiazole rings is 1. The van der Waals surface area contributed by atoms with E-state index in [1.807, 2.05) is 45.2 Å². The Labute approximate surface area is 179 Å². The molecule has 156 valence electrons. The first kappa shape index (κ1) is 20.3. The fourth-order valence-electron chi connectivity index (χ4n) is 3.95. The molecule has 1 aliphatic carbocycles. The predicted molar refractivity (Wildman–Crippen MR) is 117 cm³/mol. The molecule has 6 nitrogen and oxygen atoms in total. The molecule has 0 unspecified atom stereocenters. The molecule has 0 spiro atoms. The highest BCUT2D eigenvalue weighted by Gasteiger charge is 2.28. The lowest BCUT2D eigenvalue weighted by atomic mass is 10.1.